The number of nitrogens with zero attached hydrogens (tertiary/aromatic N) is 1. The summed E-state index contributed by atoms with van der Waals surface area (Å²) in [7, 11) is 0. The second-order valence-corrected chi connectivity index (χ2v) is 9.05. The maximum absolute atomic E-state index is 14.1. The monoisotopic (exact) mass is 615 g/mol. The minimum atomic E-state index is -1.02. The van der Waals surface area contributed by atoms with Gasteiger partial charge < -0.3 is 14.8 Å². The van der Waals surface area contributed by atoms with Crippen LogP contribution in [0, 0.1) is 5.82 Å². The second kappa shape index (κ2) is 12.9. The summed E-state index contributed by atoms with van der Waals surface area (Å²) in [5.41, 5.74) is 3.04. The summed E-state index contributed by atoms with van der Waals surface area (Å²) in [6.45, 7) is 1.99. The highest BCUT2D eigenvalue weighted by Gasteiger charge is 2.17. The van der Waals surface area contributed by atoms with E-state index in [4.69, 9.17) is 44.3 Å². The fraction of sp³-hybridized carbons (Fsp3) is 0.125. The molecule has 3 aromatic carbocycles. The van der Waals surface area contributed by atoms with Crippen molar-refractivity contribution in [3.8, 4) is 11.5 Å². The molecule has 0 aliphatic rings. The van der Waals surface area contributed by atoms with Crippen LogP contribution < -0.4 is 20.2 Å². The lowest BCUT2D eigenvalue weighted by Gasteiger charge is -2.15. The van der Waals surface area contributed by atoms with E-state index in [1.165, 1.54) is 24.4 Å². The topological polar surface area (TPSA) is 89.0 Å². The lowest BCUT2D eigenvalue weighted by molar-refractivity contribution is -0.136. The van der Waals surface area contributed by atoms with Crippen LogP contribution >= 0.6 is 50.7 Å². The molecule has 7 nitrogen and oxygen atoms in total. The number of benzene rings is 3. The summed E-state index contributed by atoms with van der Waals surface area (Å²) < 4.78 is 26.0. The second-order valence-electron chi connectivity index (χ2n) is 7.01. The van der Waals surface area contributed by atoms with Crippen molar-refractivity contribution in [3.05, 3.63) is 85.0 Å². The molecule has 3 rings (SSSR count). The Kier molecular flexibility index (Phi) is 9.95. The Hall–Kier alpha value is -2.85. The van der Waals surface area contributed by atoms with Crippen LogP contribution in [-0.2, 0) is 16.2 Å². The number of ether oxygens (including phenoxy) is 2. The third-order valence-electron chi connectivity index (χ3n) is 4.54. The molecular weight excluding hydrogens is 600 g/mol. The first kappa shape index (κ1) is 27.7. The minimum Gasteiger partial charge on any atom is -0.490 e. The van der Waals surface area contributed by atoms with Crippen molar-refractivity contribution in [2.45, 2.75) is 13.5 Å². The first-order valence-corrected chi connectivity index (χ1v) is 12.2. The zero-order chi connectivity index (χ0) is 26.2. The number of hydrogen-bond donors (Lipinski definition) is 2. The highest BCUT2D eigenvalue weighted by atomic mass is 79.9. The van der Waals surface area contributed by atoms with Gasteiger partial charge in [-0.1, -0.05) is 46.9 Å². The van der Waals surface area contributed by atoms with Gasteiger partial charge in [-0.25, -0.2) is 9.82 Å². The lowest BCUT2D eigenvalue weighted by atomic mass is 10.2. The standard InChI is InChI=1S/C24H18BrCl3FN3O4/c1-2-35-20-10-13(9-15(25)22(20)36-12-14-16(26)5-3-7-18(14)29)11-30-32-24(34)23(33)31-19-8-4-6-17(27)21(19)28/h3-11H,2,12H2,1H3,(H,31,33)(H,32,34)/b30-11+. The van der Waals surface area contributed by atoms with Gasteiger partial charge >= 0.3 is 11.8 Å². The maximum Gasteiger partial charge on any atom is 0.329 e. The van der Waals surface area contributed by atoms with Gasteiger partial charge in [0.2, 0.25) is 0 Å². The van der Waals surface area contributed by atoms with Gasteiger partial charge in [-0.2, -0.15) is 5.10 Å². The quantitative estimate of drug-likeness (QED) is 0.169. The SMILES string of the molecule is CCOc1cc(/C=N/NC(=O)C(=O)Nc2cccc(Cl)c2Cl)cc(Br)c1OCc1c(F)cccc1Cl. The molecule has 0 radical (unpaired) electrons. The number of nitrogens with one attached hydrogen (secondary N) is 2. The summed E-state index contributed by atoms with van der Waals surface area (Å²) in [6, 6.07) is 12.2. The van der Waals surface area contributed by atoms with Crippen molar-refractivity contribution in [1.29, 1.82) is 0 Å². The zero-order valence-corrected chi connectivity index (χ0v) is 22.4. The number of carbonyl (C=O) groups excluding carboxylic acids is 2. The summed E-state index contributed by atoms with van der Waals surface area (Å²) in [5, 5.41) is 6.74. The summed E-state index contributed by atoms with van der Waals surface area (Å²) in [6.07, 6.45) is 1.31. The number of carbonyl (C=O) groups is 2. The molecule has 0 saturated carbocycles. The van der Waals surface area contributed by atoms with Gasteiger partial charge in [-0.3, -0.25) is 9.59 Å². The Labute approximate surface area is 229 Å². The van der Waals surface area contributed by atoms with Crippen LogP contribution in [-0.4, -0.2) is 24.6 Å². The van der Waals surface area contributed by atoms with Crippen LogP contribution in [0.25, 0.3) is 0 Å². The third-order valence-corrected chi connectivity index (χ3v) is 6.30. The van der Waals surface area contributed by atoms with Gasteiger partial charge in [-0.05, 0) is 64.8 Å². The minimum absolute atomic E-state index is 0.108. The number of hydrogen-bond acceptors (Lipinski definition) is 5. The van der Waals surface area contributed by atoms with Crippen molar-refractivity contribution >= 4 is 74.4 Å². The van der Waals surface area contributed by atoms with Crippen molar-refractivity contribution in [2.24, 2.45) is 5.10 Å². The van der Waals surface area contributed by atoms with E-state index < -0.39 is 17.6 Å². The van der Waals surface area contributed by atoms with Gasteiger partial charge in [0.15, 0.2) is 11.5 Å². The number of anilines is 1. The maximum atomic E-state index is 14.1. The van der Waals surface area contributed by atoms with Crippen LogP contribution in [0.3, 0.4) is 0 Å². The van der Waals surface area contributed by atoms with Crippen molar-refractivity contribution in [3.63, 3.8) is 0 Å². The van der Waals surface area contributed by atoms with E-state index in [1.54, 1.807) is 37.3 Å². The molecule has 2 N–H and O–H groups in total. The average Bonchev–Trinajstić information content (AvgIpc) is 2.83. The van der Waals surface area contributed by atoms with Crippen LogP contribution in [0.1, 0.15) is 18.1 Å². The van der Waals surface area contributed by atoms with Crippen LogP contribution in [0.4, 0.5) is 10.1 Å². The highest BCUT2D eigenvalue weighted by Crippen LogP contribution is 2.37. The fourth-order valence-corrected chi connectivity index (χ4v) is 4.02. The molecule has 188 valence electrons. The summed E-state index contributed by atoms with van der Waals surface area (Å²) in [4.78, 5) is 24.2. The van der Waals surface area contributed by atoms with E-state index in [1.807, 2.05) is 0 Å². The largest absolute Gasteiger partial charge is 0.490 e. The van der Waals surface area contributed by atoms with Gasteiger partial charge in [0.1, 0.15) is 12.4 Å². The fourth-order valence-electron chi connectivity index (χ4n) is 2.88. The molecule has 0 aliphatic carbocycles. The molecule has 0 bridgehead atoms. The molecule has 0 fully saturated rings. The molecule has 0 spiro atoms. The molecule has 0 aliphatic heterocycles. The Morgan fingerprint density at radius 2 is 1.78 bits per heavy atom. The number of rotatable bonds is 8. The molecule has 0 saturated heterocycles. The third kappa shape index (κ3) is 7.10. The Balaban J connectivity index is 1.69. The van der Waals surface area contributed by atoms with Gasteiger partial charge in [0, 0.05) is 5.56 Å². The van der Waals surface area contributed by atoms with E-state index in [0.29, 0.717) is 28.1 Å². The van der Waals surface area contributed by atoms with Crippen molar-refractivity contribution < 1.29 is 23.5 Å². The highest BCUT2D eigenvalue weighted by molar-refractivity contribution is 9.10. The number of amides is 2. The average molecular weight is 618 g/mol. The predicted molar refractivity (Wildman–Crippen MR) is 142 cm³/mol. The molecular formula is C24H18BrCl3FN3O4. The van der Waals surface area contributed by atoms with Crippen molar-refractivity contribution in [2.75, 3.05) is 11.9 Å². The normalized spacial score (nSPS) is 10.8. The lowest BCUT2D eigenvalue weighted by Crippen LogP contribution is -2.32. The first-order chi connectivity index (χ1) is 17.2. The van der Waals surface area contributed by atoms with E-state index in [0.717, 1.165) is 0 Å². The van der Waals surface area contributed by atoms with Gasteiger partial charge in [-0.15, -0.1) is 0 Å². The molecule has 12 heteroatoms. The smallest absolute Gasteiger partial charge is 0.329 e. The Bertz CT molecular complexity index is 1300. The first-order valence-electron chi connectivity index (χ1n) is 10.3. The molecule has 0 unspecified atom stereocenters. The van der Waals surface area contributed by atoms with Crippen LogP contribution in [0.5, 0.6) is 11.5 Å². The molecule has 0 aromatic heterocycles. The molecule has 36 heavy (non-hydrogen) atoms. The number of hydrazone groups is 1. The van der Waals surface area contributed by atoms with Gasteiger partial charge in [0.05, 0.1) is 38.0 Å². The zero-order valence-electron chi connectivity index (χ0n) is 18.6. The number of halogens is 5. The summed E-state index contributed by atoms with van der Waals surface area (Å²) in [5.74, 6) is -1.82. The van der Waals surface area contributed by atoms with Gasteiger partial charge in [0.25, 0.3) is 0 Å². The molecule has 0 heterocycles. The Morgan fingerprint density at radius 3 is 2.50 bits per heavy atom. The van der Waals surface area contributed by atoms with E-state index in [2.05, 4.69) is 31.8 Å². The van der Waals surface area contributed by atoms with E-state index in [9.17, 15) is 14.0 Å². The summed E-state index contributed by atoms with van der Waals surface area (Å²) >= 11 is 21.4. The molecule has 3 aromatic rings. The van der Waals surface area contributed by atoms with E-state index >= 15 is 0 Å². The molecule has 0 atom stereocenters. The van der Waals surface area contributed by atoms with Crippen LogP contribution in [0.15, 0.2) is 58.1 Å². The van der Waals surface area contributed by atoms with Crippen molar-refractivity contribution in [1.82, 2.24) is 5.43 Å². The van der Waals surface area contributed by atoms with Crippen LogP contribution in [0.2, 0.25) is 15.1 Å². The predicted octanol–water partition coefficient (Wildman–Crippen LogP) is 6.61. The Morgan fingerprint density at radius 1 is 1.06 bits per heavy atom. The molecule has 2 amide bonds. The van der Waals surface area contributed by atoms with E-state index in [-0.39, 0.29) is 32.9 Å².